The normalized spacial score (nSPS) is 10.5. The fraction of sp³-hybridized carbons (Fsp3) is 0.231. The molecule has 0 spiro atoms. The Balaban J connectivity index is 3.06. The first kappa shape index (κ1) is 15.0. The van der Waals surface area contributed by atoms with Crippen molar-refractivity contribution in [1.29, 1.82) is 0 Å². The molecule has 1 rings (SSSR count). The van der Waals surface area contributed by atoms with E-state index in [1.165, 1.54) is 6.08 Å². The van der Waals surface area contributed by atoms with E-state index in [0.717, 1.165) is 6.08 Å². The predicted octanol–water partition coefficient (Wildman–Crippen LogP) is 1.62. The summed E-state index contributed by atoms with van der Waals surface area (Å²) in [6.45, 7) is 0.157. The fourth-order valence-corrected chi connectivity index (χ4v) is 1.70. The fourth-order valence-electron chi connectivity index (χ4n) is 1.53. The van der Waals surface area contributed by atoms with Crippen LogP contribution in [-0.2, 0) is 9.59 Å². The second kappa shape index (κ2) is 6.80. The van der Waals surface area contributed by atoms with Crippen LogP contribution in [0.15, 0.2) is 24.3 Å². The van der Waals surface area contributed by atoms with Crippen LogP contribution >= 0.6 is 11.6 Å². The third-order valence-corrected chi connectivity index (χ3v) is 2.70. The molecule has 5 nitrogen and oxygen atoms in total. The van der Waals surface area contributed by atoms with Gasteiger partial charge >= 0.3 is 5.97 Å². The number of carboxylic acids is 1. The highest BCUT2D eigenvalue weighted by Crippen LogP contribution is 2.25. The Morgan fingerprint density at radius 3 is 2.74 bits per heavy atom. The number of rotatable bonds is 5. The number of aliphatic carboxylic acids is 1. The van der Waals surface area contributed by atoms with Gasteiger partial charge in [0.15, 0.2) is 0 Å². The molecule has 0 aliphatic carbocycles. The van der Waals surface area contributed by atoms with Gasteiger partial charge in [-0.2, -0.15) is 0 Å². The maximum Gasteiger partial charge on any atom is 0.328 e. The third-order valence-electron chi connectivity index (χ3n) is 2.47. The summed E-state index contributed by atoms with van der Waals surface area (Å²) in [4.78, 5) is 23.6. The molecule has 0 saturated carbocycles. The summed E-state index contributed by atoms with van der Waals surface area (Å²) >= 11 is 5.93. The van der Waals surface area contributed by atoms with Gasteiger partial charge in [-0.25, -0.2) is 4.79 Å². The molecule has 0 aliphatic heterocycles. The first-order chi connectivity index (χ1) is 8.93. The lowest BCUT2D eigenvalue weighted by Gasteiger charge is -2.20. The van der Waals surface area contributed by atoms with Crippen LogP contribution < -0.4 is 10.2 Å². The van der Waals surface area contributed by atoms with E-state index in [1.54, 1.807) is 37.2 Å². The number of carboxylic acid groups (broad SMARTS) is 1. The van der Waals surface area contributed by atoms with Crippen molar-refractivity contribution < 1.29 is 14.7 Å². The summed E-state index contributed by atoms with van der Waals surface area (Å²) in [7, 11) is 3.29. The zero-order valence-corrected chi connectivity index (χ0v) is 11.4. The molecule has 0 bridgehead atoms. The first-order valence-corrected chi connectivity index (χ1v) is 5.94. The Hall–Kier alpha value is -2.01. The number of benzene rings is 1. The van der Waals surface area contributed by atoms with Gasteiger partial charge in [-0.05, 0) is 23.8 Å². The summed E-state index contributed by atoms with van der Waals surface area (Å²) < 4.78 is 0. The van der Waals surface area contributed by atoms with Gasteiger partial charge in [0, 0.05) is 30.9 Å². The Bertz CT molecular complexity index is 515. The molecule has 1 amide bonds. The lowest BCUT2D eigenvalue weighted by atomic mass is 10.1. The lowest BCUT2D eigenvalue weighted by Crippen LogP contribution is -2.33. The molecule has 19 heavy (non-hydrogen) atoms. The minimum absolute atomic E-state index is 0.143. The van der Waals surface area contributed by atoms with E-state index in [4.69, 9.17) is 16.7 Å². The van der Waals surface area contributed by atoms with Gasteiger partial charge in [0.25, 0.3) is 0 Å². The predicted molar refractivity (Wildman–Crippen MR) is 75.5 cm³/mol. The van der Waals surface area contributed by atoms with Crippen LogP contribution in [0, 0.1) is 0 Å². The number of amides is 1. The van der Waals surface area contributed by atoms with E-state index in [2.05, 4.69) is 5.32 Å². The molecular weight excluding hydrogens is 268 g/mol. The highest BCUT2D eigenvalue weighted by molar-refractivity contribution is 6.31. The summed E-state index contributed by atoms with van der Waals surface area (Å²) in [5.74, 6) is -1.18. The van der Waals surface area contributed by atoms with Gasteiger partial charge in [0.2, 0.25) is 5.91 Å². The number of likely N-dealkylation sites (N-methyl/N-ethyl adjacent to an activating group) is 2. The van der Waals surface area contributed by atoms with E-state index in [9.17, 15) is 9.59 Å². The van der Waals surface area contributed by atoms with Gasteiger partial charge in [-0.3, -0.25) is 4.79 Å². The van der Waals surface area contributed by atoms with Crippen LogP contribution in [0.4, 0.5) is 5.69 Å². The Morgan fingerprint density at radius 2 is 2.16 bits per heavy atom. The average molecular weight is 283 g/mol. The standard InChI is InChI=1S/C13H15ClN2O3/c1-15-12(17)8-16(2)11-7-10(14)5-3-9(11)4-6-13(18)19/h3-7H,8H2,1-2H3,(H,15,17)(H,18,19)/b6-4+. The summed E-state index contributed by atoms with van der Waals surface area (Å²) in [5, 5.41) is 11.7. The number of carbonyl (C=O) groups is 2. The van der Waals surface area contributed by atoms with Gasteiger partial charge in [-0.15, -0.1) is 0 Å². The Morgan fingerprint density at radius 1 is 1.47 bits per heavy atom. The highest BCUT2D eigenvalue weighted by Gasteiger charge is 2.10. The number of nitrogens with zero attached hydrogens (tertiary/aromatic N) is 1. The van der Waals surface area contributed by atoms with E-state index >= 15 is 0 Å². The zero-order valence-electron chi connectivity index (χ0n) is 10.7. The molecule has 0 aromatic heterocycles. The molecule has 0 aliphatic rings. The molecule has 0 radical (unpaired) electrons. The van der Waals surface area contributed by atoms with Crippen LogP contribution in [-0.4, -0.2) is 37.6 Å². The SMILES string of the molecule is CNC(=O)CN(C)c1cc(Cl)ccc1/C=C/C(=O)O. The van der Waals surface area contributed by atoms with Crippen LogP contribution in [0.3, 0.4) is 0 Å². The number of nitrogens with one attached hydrogen (secondary N) is 1. The number of hydrogen-bond acceptors (Lipinski definition) is 3. The number of halogens is 1. The van der Waals surface area contributed by atoms with Crippen molar-refractivity contribution in [2.24, 2.45) is 0 Å². The Kier molecular flexibility index (Phi) is 5.38. The molecule has 0 unspecified atom stereocenters. The van der Waals surface area contributed by atoms with Gasteiger partial charge < -0.3 is 15.3 Å². The van der Waals surface area contributed by atoms with Crippen LogP contribution in [0.5, 0.6) is 0 Å². The molecule has 0 heterocycles. The summed E-state index contributed by atoms with van der Waals surface area (Å²) in [5.41, 5.74) is 1.37. The van der Waals surface area contributed by atoms with Crippen molar-refractivity contribution in [1.82, 2.24) is 5.32 Å². The largest absolute Gasteiger partial charge is 0.478 e. The van der Waals surface area contributed by atoms with E-state index in [0.29, 0.717) is 16.3 Å². The van der Waals surface area contributed by atoms with E-state index in [-0.39, 0.29) is 12.5 Å². The van der Waals surface area contributed by atoms with Crippen molar-refractivity contribution in [3.63, 3.8) is 0 Å². The first-order valence-electron chi connectivity index (χ1n) is 5.56. The molecule has 2 N–H and O–H groups in total. The van der Waals surface area contributed by atoms with E-state index < -0.39 is 5.97 Å². The highest BCUT2D eigenvalue weighted by atomic mass is 35.5. The molecule has 1 aromatic carbocycles. The Labute approximate surface area is 116 Å². The van der Waals surface area contributed by atoms with Crippen molar-refractivity contribution in [2.75, 3.05) is 25.5 Å². The minimum atomic E-state index is -1.03. The van der Waals surface area contributed by atoms with Gasteiger partial charge in [0.05, 0.1) is 6.54 Å². The smallest absolute Gasteiger partial charge is 0.328 e. The molecule has 102 valence electrons. The monoisotopic (exact) mass is 282 g/mol. The number of carbonyl (C=O) groups excluding carboxylic acids is 1. The van der Waals surface area contributed by atoms with Gasteiger partial charge in [-0.1, -0.05) is 17.7 Å². The minimum Gasteiger partial charge on any atom is -0.478 e. The summed E-state index contributed by atoms with van der Waals surface area (Å²) in [6, 6.07) is 5.06. The number of hydrogen-bond donors (Lipinski definition) is 2. The summed E-state index contributed by atoms with van der Waals surface area (Å²) in [6.07, 6.45) is 2.51. The quantitative estimate of drug-likeness (QED) is 0.805. The molecule has 0 fully saturated rings. The molecule has 0 saturated heterocycles. The van der Waals surface area contributed by atoms with Crippen molar-refractivity contribution in [2.45, 2.75) is 0 Å². The second-order valence-electron chi connectivity index (χ2n) is 3.90. The maximum absolute atomic E-state index is 11.4. The molecule has 6 heteroatoms. The van der Waals surface area contributed by atoms with Crippen LogP contribution in [0.1, 0.15) is 5.56 Å². The average Bonchev–Trinajstić information content (AvgIpc) is 2.36. The molecular formula is C13H15ClN2O3. The van der Waals surface area contributed by atoms with Crippen LogP contribution in [0.25, 0.3) is 6.08 Å². The van der Waals surface area contributed by atoms with Crippen molar-refractivity contribution in [3.05, 3.63) is 34.9 Å². The molecule has 1 aromatic rings. The zero-order chi connectivity index (χ0) is 14.4. The van der Waals surface area contributed by atoms with Crippen molar-refractivity contribution >= 4 is 35.2 Å². The van der Waals surface area contributed by atoms with Crippen LogP contribution in [0.2, 0.25) is 5.02 Å². The van der Waals surface area contributed by atoms with E-state index in [1.807, 2.05) is 0 Å². The third kappa shape index (κ3) is 4.63. The van der Waals surface area contributed by atoms with Gasteiger partial charge in [0.1, 0.15) is 0 Å². The number of anilines is 1. The van der Waals surface area contributed by atoms with Crippen molar-refractivity contribution in [3.8, 4) is 0 Å². The topological polar surface area (TPSA) is 69.6 Å². The second-order valence-corrected chi connectivity index (χ2v) is 4.34. The molecule has 0 atom stereocenters. The maximum atomic E-state index is 11.4. The lowest BCUT2D eigenvalue weighted by molar-refractivity contribution is -0.131.